The normalized spacial score (nSPS) is 17.8. The van der Waals surface area contributed by atoms with Crippen molar-refractivity contribution in [1.82, 2.24) is 20.5 Å². The van der Waals surface area contributed by atoms with Gasteiger partial charge in [-0.25, -0.2) is 9.18 Å². The van der Waals surface area contributed by atoms with Crippen LogP contribution in [0.15, 0.2) is 30.5 Å². The number of urea groups is 1. The number of piperazine rings is 1. The van der Waals surface area contributed by atoms with Crippen LogP contribution >= 0.6 is 23.2 Å². The van der Waals surface area contributed by atoms with Gasteiger partial charge >= 0.3 is 12.2 Å². The number of hydrogen-bond acceptors (Lipinski definition) is 3. The molecule has 1 saturated heterocycles. The molecule has 12 heteroatoms. The van der Waals surface area contributed by atoms with Crippen LogP contribution in [-0.2, 0) is 11.0 Å². The van der Waals surface area contributed by atoms with Gasteiger partial charge in [-0.15, -0.1) is 0 Å². The van der Waals surface area contributed by atoms with Crippen LogP contribution in [-0.4, -0.2) is 41.0 Å². The molecule has 2 aromatic rings. The molecule has 166 valence electrons. The van der Waals surface area contributed by atoms with E-state index in [9.17, 15) is 27.2 Å². The van der Waals surface area contributed by atoms with E-state index in [1.807, 2.05) is 0 Å². The SMILES string of the molecule is C[C@@H]1C(=O)NCCN1C(=O)N[C@H](c1ccc(C(F)(F)F)nc1)c1ccc(Cl)c(Cl)c1F. The maximum atomic E-state index is 14.9. The smallest absolute Gasteiger partial charge is 0.353 e. The van der Waals surface area contributed by atoms with Gasteiger partial charge in [0.15, 0.2) is 0 Å². The van der Waals surface area contributed by atoms with Crippen LogP contribution in [0.3, 0.4) is 0 Å². The summed E-state index contributed by atoms with van der Waals surface area (Å²) in [6.07, 6.45) is -3.77. The number of benzene rings is 1. The lowest BCUT2D eigenvalue weighted by atomic mass is 9.99. The van der Waals surface area contributed by atoms with Gasteiger partial charge in [-0.1, -0.05) is 35.3 Å². The lowest BCUT2D eigenvalue weighted by molar-refractivity contribution is -0.141. The van der Waals surface area contributed by atoms with E-state index < -0.39 is 40.8 Å². The Morgan fingerprint density at radius 2 is 2.00 bits per heavy atom. The number of pyridine rings is 1. The Morgan fingerprint density at radius 3 is 2.61 bits per heavy atom. The van der Waals surface area contributed by atoms with Crippen molar-refractivity contribution in [3.63, 3.8) is 0 Å². The second-order valence-corrected chi connectivity index (χ2v) is 7.57. The molecule has 3 rings (SSSR count). The van der Waals surface area contributed by atoms with Gasteiger partial charge < -0.3 is 15.5 Å². The lowest BCUT2D eigenvalue weighted by Crippen LogP contribution is -2.58. The quantitative estimate of drug-likeness (QED) is 0.513. The van der Waals surface area contributed by atoms with Crippen molar-refractivity contribution in [1.29, 1.82) is 0 Å². The van der Waals surface area contributed by atoms with E-state index in [1.54, 1.807) is 0 Å². The van der Waals surface area contributed by atoms with Crippen molar-refractivity contribution >= 4 is 35.1 Å². The predicted molar refractivity (Wildman–Crippen MR) is 105 cm³/mol. The number of halogens is 6. The zero-order valence-electron chi connectivity index (χ0n) is 15.9. The molecule has 6 nitrogen and oxygen atoms in total. The van der Waals surface area contributed by atoms with Crippen LogP contribution in [0.5, 0.6) is 0 Å². The minimum Gasteiger partial charge on any atom is -0.353 e. The first-order valence-corrected chi connectivity index (χ1v) is 9.77. The molecule has 0 saturated carbocycles. The summed E-state index contributed by atoms with van der Waals surface area (Å²) in [6, 6.07) is 1.62. The zero-order chi connectivity index (χ0) is 22.9. The van der Waals surface area contributed by atoms with E-state index in [1.165, 1.54) is 24.0 Å². The van der Waals surface area contributed by atoms with Gasteiger partial charge in [-0.3, -0.25) is 9.78 Å². The van der Waals surface area contributed by atoms with Crippen LogP contribution in [0.2, 0.25) is 10.0 Å². The summed E-state index contributed by atoms with van der Waals surface area (Å²) in [7, 11) is 0. The number of carbonyl (C=O) groups excluding carboxylic acids is 2. The predicted octanol–water partition coefficient (Wildman–Crippen LogP) is 4.17. The molecule has 0 spiro atoms. The van der Waals surface area contributed by atoms with Crippen LogP contribution in [0.25, 0.3) is 0 Å². The highest BCUT2D eigenvalue weighted by Crippen LogP contribution is 2.34. The molecule has 0 radical (unpaired) electrons. The summed E-state index contributed by atoms with van der Waals surface area (Å²) >= 11 is 11.7. The largest absolute Gasteiger partial charge is 0.433 e. The average molecular weight is 479 g/mol. The van der Waals surface area contributed by atoms with E-state index in [0.29, 0.717) is 0 Å². The second-order valence-electron chi connectivity index (χ2n) is 6.78. The van der Waals surface area contributed by atoms with Crippen LogP contribution in [0.4, 0.5) is 22.4 Å². The van der Waals surface area contributed by atoms with Gasteiger partial charge in [0.25, 0.3) is 0 Å². The minimum atomic E-state index is -4.66. The number of hydrogen-bond donors (Lipinski definition) is 2. The van der Waals surface area contributed by atoms with Gasteiger partial charge in [0.1, 0.15) is 17.6 Å². The fourth-order valence-corrected chi connectivity index (χ4v) is 3.43. The molecular formula is C19H16Cl2F4N4O2. The van der Waals surface area contributed by atoms with Crippen LogP contribution < -0.4 is 10.6 Å². The highest BCUT2D eigenvalue weighted by molar-refractivity contribution is 6.42. The molecule has 0 unspecified atom stereocenters. The standard InChI is InChI=1S/C19H16Cl2F4N4O2/c1-9-17(30)26-6-7-29(9)18(31)28-16(11-3-4-12(20)14(21)15(11)22)10-2-5-13(27-8-10)19(23,24)25/h2-5,8-9,16H,6-7H2,1H3,(H,26,30)(H,28,31)/t9-,16-/m1/s1. The number of alkyl halides is 3. The van der Waals surface area contributed by atoms with E-state index in [0.717, 1.165) is 18.3 Å². The van der Waals surface area contributed by atoms with Gasteiger partial charge in [-0.2, -0.15) is 13.2 Å². The molecule has 1 fully saturated rings. The van der Waals surface area contributed by atoms with Crippen LogP contribution in [0.1, 0.15) is 29.8 Å². The summed E-state index contributed by atoms with van der Waals surface area (Å²) < 4.78 is 53.5. The Kier molecular flexibility index (Phi) is 6.61. The Morgan fingerprint density at radius 1 is 1.29 bits per heavy atom. The molecule has 31 heavy (non-hydrogen) atoms. The van der Waals surface area contributed by atoms with Crippen molar-refractivity contribution in [2.24, 2.45) is 0 Å². The monoisotopic (exact) mass is 478 g/mol. The van der Waals surface area contributed by atoms with Crippen LogP contribution in [0, 0.1) is 5.82 Å². The van der Waals surface area contributed by atoms with Crippen molar-refractivity contribution in [3.05, 3.63) is 63.1 Å². The highest BCUT2D eigenvalue weighted by atomic mass is 35.5. The summed E-state index contributed by atoms with van der Waals surface area (Å²) in [4.78, 5) is 29.3. The van der Waals surface area contributed by atoms with Gasteiger partial charge in [0.05, 0.1) is 16.1 Å². The Bertz CT molecular complexity index is 1000. The first-order chi connectivity index (χ1) is 14.5. The average Bonchev–Trinajstić information content (AvgIpc) is 2.72. The molecule has 1 aromatic heterocycles. The lowest BCUT2D eigenvalue weighted by Gasteiger charge is -2.34. The molecular weight excluding hydrogens is 463 g/mol. The van der Waals surface area contributed by atoms with E-state index in [-0.39, 0.29) is 35.1 Å². The van der Waals surface area contributed by atoms with Crippen molar-refractivity contribution in [2.45, 2.75) is 25.2 Å². The number of aromatic nitrogens is 1. The van der Waals surface area contributed by atoms with Crippen molar-refractivity contribution < 1.29 is 27.2 Å². The summed E-state index contributed by atoms with van der Waals surface area (Å²) in [6.45, 7) is 1.94. The molecule has 1 aliphatic rings. The first-order valence-electron chi connectivity index (χ1n) is 9.02. The fourth-order valence-electron chi connectivity index (χ4n) is 3.11. The third kappa shape index (κ3) is 4.85. The van der Waals surface area contributed by atoms with Crippen molar-refractivity contribution in [3.8, 4) is 0 Å². The molecule has 0 aliphatic carbocycles. The molecule has 1 aliphatic heterocycles. The van der Waals surface area contributed by atoms with Gasteiger partial charge in [0, 0.05) is 24.8 Å². The number of nitrogens with one attached hydrogen (secondary N) is 2. The number of nitrogens with zero attached hydrogens (tertiary/aromatic N) is 2. The minimum absolute atomic E-state index is 0.0696. The Hall–Kier alpha value is -2.59. The maximum Gasteiger partial charge on any atom is 0.433 e. The fraction of sp³-hybridized carbons (Fsp3) is 0.316. The Balaban J connectivity index is 2.00. The Labute approximate surface area is 184 Å². The highest BCUT2D eigenvalue weighted by Gasteiger charge is 2.34. The first kappa shape index (κ1) is 23.1. The molecule has 2 atom stereocenters. The zero-order valence-corrected chi connectivity index (χ0v) is 17.4. The maximum absolute atomic E-state index is 14.9. The molecule has 0 bridgehead atoms. The van der Waals surface area contributed by atoms with Gasteiger partial charge in [0.2, 0.25) is 5.91 Å². The number of carbonyl (C=O) groups is 2. The van der Waals surface area contributed by atoms with Crippen molar-refractivity contribution in [2.75, 3.05) is 13.1 Å². The van der Waals surface area contributed by atoms with E-state index in [4.69, 9.17) is 23.2 Å². The molecule has 2 N–H and O–H groups in total. The number of amides is 3. The molecule has 2 heterocycles. The van der Waals surface area contributed by atoms with E-state index in [2.05, 4.69) is 15.6 Å². The summed E-state index contributed by atoms with van der Waals surface area (Å²) in [5.41, 5.74) is -1.19. The summed E-state index contributed by atoms with van der Waals surface area (Å²) in [5, 5.41) is 4.70. The summed E-state index contributed by atoms with van der Waals surface area (Å²) in [5.74, 6) is -1.31. The van der Waals surface area contributed by atoms with E-state index >= 15 is 0 Å². The topological polar surface area (TPSA) is 74.3 Å². The third-order valence-electron chi connectivity index (χ3n) is 4.81. The second kappa shape index (κ2) is 8.88. The molecule has 3 amide bonds. The molecule has 1 aromatic carbocycles. The number of rotatable bonds is 3. The van der Waals surface area contributed by atoms with Gasteiger partial charge in [-0.05, 0) is 24.6 Å². The third-order valence-corrected chi connectivity index (χ3v) is 5.59.